The van der Waals surface area contributed by atoms with E-state index in [1.807, 2.05) is 84.9 Å². The number of carbonyl (C=O) groups is 1. The molecule has 0 fully saturated rings. The molecule has 138 valence electrons. The van der Waals surface area contributed by atoms with E-state index in [9.17, 15) is 4.79 Å². The molecule has 0 spiro atoms. The first-order valence-electron chi connectivity index (χ1n) is 8.92. The minimum atomic E-state index is -0.690. The van der Waals surface area contributed by atoms with Gasteiger partial charge in [-0.25, -0.2) is 0 Å². The Morgan fingerprint density at radius 3 is 1.89 bits per heavy atom. The summed E-state index contributed by atoms with van der Waals surface area (Å²) in [4.78, 5) is 12.1. The van der Waals surface area contributed by atoms with Crippen molar-refractivity contribution in [3.63, 3.8) is 0 Å². The molecule has 0 amide bonds. The highest BCUT2D eigenvalue weighted by atomic mass is 16.5. The van der Waals surface area contributed by atoms with Gasteiger partial charge in [0.05, 0.1) is 0 Å². The molecule has 3 aromatic rings. The van der Waals surface area contributed by atoms with Crippen LogP contribution in [0.3, 0.4) is 0 Å². The summed E-state index contributed by atoms with van der Waals surface area (Å²) in [6.45, 7) is 0.755. The first kappa shape index (κ1) is 18.7. The number of esters is 1. The van der Waals surface area contributed by atoms with E-state index >= 15 is 0 Å². The number of nitrogens with two attached hydrogens (primary N) is 1. The van der Waals surface area contributed by atoms with Crippen LogP contribution in [0.4, 0.5) is 0 Å². The molecule has 0 aliphatic heterocycles. The molecule has 4 heteroatoms. The minimum absolute atomic E-state index is 0.236. The third-order valence-electron chi connectivity index (χ3n) is 4.15. The van der Waals surface area contributed by atoms with E-state index in [0.717, 1.165) is 22.4 Å². The number of rotatable bonds is 8. The monoisotopic (exact) mass is 361 g/mol. The molecular formula is C23H23NO3. The van der Waals surface area contributed by atoms with Crippen LogP contribution in [0.5, 0.6) is 5.75 Å². The van der Waals surface area contributed by atoms with E-state index in [4.69, 9.17) is 15.2 Å². The first-order chi connectivity index (χ1) is 13.2. The average Bonchev–Trinajstić information content (AvgIpc) is 2.73. The molecule has 3 aromatic carbocycles. The quantitative estimate of drug-likeness (QED) is 0.619. The Morgan fingerprint density at radius 2 is 1.30 bits per heavy atom. The Bertz CT molecular complexity index is 833. The lowest BCUT2D eigenvalue weighted by Crippen LogP contribution is -2.34. The number of carbonyl (C=O) groups excluding carboxylic acids is 1. The number of hydrogen-bond donors (Lipinski definition) is 1. The van der Waals surface area contributed by atoms with Gasteiger partial charge in [-0.2, -0.15) is 0 Å². The molecule has 3 rings (SSSR count). The summed E-state index contributed by atoms with van der Waals surface area (Å²) in [7, 11) is 0. The van der Waals surface area contributed by atoms with Gasteiger partial charge in [0.25, 0.3) is 0 Å². The van der Waals surface area contributed by atoms with Gasteiger partial charge < -0.3 is 15.2 Å². The maximum absolute atomic E-state index is 12.1. The van der Waals surface area contributed by atoms with Crippen molar-refractivity contribution in [2.45, 2.75) is 25.7 Å². The average molecular weight is 361 g/mol. The zero-order chi connectivity index (χ0) is 18.9. The van der Waals surface area contributed by atoms with Crippen LogP contribution in [-0.2, 0) is 29.2 Å². The van der Waals surface area contributed by atoms with Crippen molar-refractivity contribution in [1.29, 1.82) is 0 Å². The lowest BCUT2D eigenvalue weighted by atomic mass is 10.1. The fraction of sp³-hybridized carbons (Fsp3) is 0.174. The Hall–Kier alpha value is -3.11. The zero-order valence-electron chi connectivity index (χ0n) is 15.1. The van der Waals surface area contributed by atoms with Crippen molar-refractivity contribution < 1.29 is 14.3 Å². The lowest BCUT2D eigenvalue weighted by molar-refractivity contribution is -0.146. The molecule has 2 N–H and O–H groups in total. The van der Waals surface area contributed by atoms with E-state index < -0.39 is 12.0 Å². The van der Waals surface area contributed by atoms with E-state index in [0.29, 0.717) is 13.0 Å². The summed E-state index contributed by atoms with van der Waals surface area (Å²) in [6.07, 6.45) is 0.423. The Labute approximate surface area is 159 Å². The molecule has 0 aromatic heterocycles. The summed E-state index contributed by atoms with van der Waals surface area (Å²) in [5.74, 6) is 0.381. The maximum Gasteiger partial charge on any atom is 0.323 e. The van der Waals surface area contributed by atoms with Gasteiger partial charge in [0.15, 0.2) is 0 Å². The molecule has 27 heavy (non-hydrogen) atoms. The standard InChI is InChI=1S/C23H23NO3/c24-22(23(25)27-17-20-9-5-2-6-10-20)15-18-11-13-21(14-12-18)26-16-19-7-3-1-4-8-19/h1-14,22H,15-17,24H2. The van der Waals surface area contributed by atoms with Crippen LogP contribution >= 0.6 is 0 Å². The maximum atomic E-state index is 12.1. The normalized spacial score (nSPS) is 11.6. The fourth-order valence-electron chi connectivity index (χ4n) is 2.64. The second kappa shape index (κ2) is 9.55. The van der Waals surface area contributed by atoms with Gasteiger partial charge in [0, 0.05) is 0 Å². The second-order valence-corrected chi connectivity index (χ2v) is 6.32. The van der Waals surface area contributed by atoms with Crippen LogP contribution in [-0.4, -0.2) is 12.0 Å². The highest BCUT2D eigenvalue weighted by Gasteiger charge is 2.15. The van der Waals surface area contributed by atoms with Crippen LogP contribution in [0.15, 0.2) is 84.9 Å². The van der Waals surface area contributed by atoms with Crippen molar-refractivity contribution in [1.82, 2.24) is 0 Å². The molecule has 0 aliphatic rings. The summed E-state index contributed by atoms with van der Waals surface area (Å²) < 4.78 is 11.0. The van der Waals surface area contributed by atoms with Crippen LogP contribution < -0.4 is 10.5 Å². The lowest BCUT2D eigenvalue weighted by Gasteiger charge is -2.12. The smallest absolute Gasteiger partial charge is 0.323 e. The third kappa shape index (κ3) is 5.97. The molecule has 0 bridgehead atoms. The largest absolute Gasteiger partial charge is 0.489 e. The van der Waals surface area contributed by atoms with Crippen LogP contribution in [0, 0.1) is 0 Å². The molecular weight excluding hydrogens is 338 g/mol. The molecule has 1 unspecified atom stereocenters. The highest BCUT2D eigenvalue weighted by Crippen LogP contribution is 2.15. The zero-order valence-corrected chi connectivity index (χ0v) is 15.1. The van der Waals surface area contributed by atoms with E-state index in [2.05, 4.69) is 0 Å². The number of benzene rings is 3. The van der Waals surface area contributed by atoms with E-state index in [1.165, 1.54) is 0 Å². The highest BCUT2D eigenvalue weighted by molar-refractivity contribution is 5.75. The summed E-state index contributed by atoms with van der Waals surface area (Å²) in [6, 6.07) is 26.5. The van der Waals surface area contributed by atoms with Crippen LogP contribution in [0.2, 0.25) is 0 Å². The molecule has 0 heterocycles. The molecule has 4 nitrogen and oxygen atoms in total. The van der Waals surface area contributed by atoms with Gasteiger partial charge in [-0.15, -0.1) is 0 Å². The van der Waals surface area contributed by atoms with Gasteiger partial charge in [-0.1, -0.05) is 72.8 Å². The van der Waals surface area contributed by atoms with Crippen molar-refractivity contribution >= 4 is 5.97 Å². The molecule has 0 radical (unpaired) electrons. The Kier molecular flexibility index (Phi) is 6.61. The van der Waals surface area contributed by atoms with Crippen molar-refractivity contribution in [2.75, 3.05) is 0 Å². The van der Waals surface area contributed by atoms with Crippen molar-refractivity contribution in [3.05, 3.63) is 102 Å². The van der Waals surface area contributed by atoms with E-state index in [-0.39, 0.29) is 6.61 Å². The third-order valence-corrected chi connectivity index (χ3v) is 4.15. The molecule has 0 saturated heterocycles. The predicted molar refractivity (Wildman–Crippen MR) is 105 cm³/mol. The van der Waals surface area contributed by atoms with Gasteiger partial charge >= 0.3 is 5.97 Å². The second-order valence-electron chi connectivity index (χ2n) is 6.32. The predicted octanol–water partition coefficient (Wildman–Crippen LogP) is 3.88. The van der Waals surface area contributed by atoms with Crippen LogP contribution in [0.1, 0.15) is 16.7 Å². The van der Waals surface area contributed by atoms with Gasteiger partial charge in [-0.3, -0.25) is 4.79 Å². The SMILES string of the molecule is NC(Cc1ccc(OCc2ccccc2)cc1)C(=O)OCc1ccccc1. The van der Waals surface area contributed by atoms with Gasteiger partial charge in [0.1, 0.15) is 25.0 Å². The summed E-state index contributed by atoms with van der Waals surface area (Å²) >= 11 is 0. The van der Waals surface area contributed by atoms with Gasteiger partial charge in [-0.05, 0) is 35.2 Å². The first-order valence-corrected chi connectivity index (χ1v) is 8.92. The minimum Gasteiger partial charge on any atom is -0.489 e. The number of hydrogen-bond acceptors (Lipinski definition) is 4. The summed E-state index contributed by atoms with van der Waals surface area (Å²) in [5, 5.41) is 0. The Morgan fingerprint density at radius 1 is 0.741 bits per heavy atom. The Balaban J connectivity index is 1.46. The van der Waals surface area contributed by atoms with Crippen molar-refractivity contribution in [2.24, 2.45) is 5.73 Å². The fourth-order valence-corrected chi connectivity index (χ4v) is 2.64. The van der Waals surface area contributed by atoms with Crippen molar-refractivity contribution in [3.8, 4) is 5.75 Å². The van der Waals surface area contributed by atoms with Crippen LogP contribution in [0.25, 0.3) is 0 Å². The topological polar surface area (TPSA) is 61.5 Å². The molecule has 1 atom stereocenters. The van der Waals surface area contributed by atoms with Gasteiger partial charge in [0.2, 0.25) is 0 Å². The summed E-state index contributed by atoms with van der Waals surface area (Å²) in [5.41, 5.74) is 9.00. The molecule has 0 saturated carbocycles. The molecule has 0 aliphatic carbocycles. The number of ether oxygens (including phenoxy) is 2. The van der Waals surface area contributed by atoms with E-state index in [1.54, 1.807) is 0 Å².